The normalized spacial score (nSPS) is 16.7. The van der Waals surface area contributed by atoms with Crippen LogP contribution < -0.4 is 5.32 Å². The molecule has 5 heteroatoms. The zero-order valence-corrected chi connectivity index (χ0v) is 15.2. The number of aromatic nitrogens is 1. The van der Waals surface area contributed by atoms with E-state index in [1.807, 2.05) is 27.7 Å². The Labute approximate surface area is 143 Å². The number of aryl methyl sites for hydroxylation is 1. The van der Waals surface area contributed by atoms with Crippen molar-refractivity contribution in [2.75, 3.05) is 0 Å². The molecule has 1 heterocycles. The molecule has 0 saturated heterocycles. The molecule has 124 valence electrons. The van der Waals surface area contributed by atoms with E-state index in [2.05, 4.69) is 16.4 Å². The van der Waals surface area contributed by atoms with Crippen LogP contribution in [0.2, 0.25) is 0 Å². The predicted molar refractivity (Wildman–Crippen MR) is 93.5 cm³/mol. The largest absolute Gasteiger partial charge is 0.352 e. The number of amides is 1. The molecule has 1 aliphatic rings. The summed E-state index contributed by atoms with van der Waals surface area (Å²) in [4.78, 5) is 16.9. The second-order valence-electron chi connectivity index (χ2n) is 6.34. The molecule has 0 radical (unpaired) electrons. The fourth-order valence-corrected chi connectivity index (χ4v) is 3.93. The Morgan fingerprint density at radius 2 is 1.91 bits per heavy atom. The van der Waals surface area contributed by atoms with Crippen LogP contribution in [0.5, 0.6) is 0 Å². The Hall–Kier alpha value is -1.54. The molecule has 1 aliphatic carbocycles. The van der Waals surface area contributed by atoms with Crippen LogP contribution in [-0.4, -0.2) is 22.2 Å². The summed E-state index contributed by atoms with van der Waals surface area (Å²) in [5.74, 6) is 0.0449. The number of nitriles is 1. The van der Waals surface area contributed by atoms with Crippen molar-refractivity contribution in [3.8, 4) is 6.07 Å². The summed E-state index contributed by atoms with van der Waals surface area (Å²) < 4.78 is 0. The maximum Gasteiger partial charge on any atom is 0.233 e. The Bertz CT molecular complexity index is 630. The maximum absolute atomic E-state index is 12.4. The highest BCUT2D eigenvalue weighted by Crippen LogP contribution is 2.29. The monoisotopic (exact) mass is 331 g/mol. The van der Waals surface area contributed by atoms with Crippen molar-refractivity contribution in [1.82, 2.24) is 10.3 Å². The summed E-state index contributed by atoms with van der Waals surface area (Å²) in [5.41, 5.74) is 3.52. The van der Waals surface area contributed by atoms with E-state index in [-0.39, 0.29) is 11.2 Å². The first-order chi connectivity index (χ1) is 10.9. The van der Waals surface area contributed by atoms with Gasteiger partial charge in [0, 0.05) is 11.7 Å². The third-order valence-electron chi connectivity index (χ3n) is 4.68. The lowest BCUT2D eigenvalue weighted by Crippen LogP contribution is -2.40. The van der Waals surface area contributed by atoms with Crippen LogP contribution in [0.1, 0.15) is 61.4 Å². The van der Waals surface area contributed by atoms with Gasteiger partial charge in [0.25, 0.3) is 0 Å². The van der Waals surface area contributed by atoms with Gasteiger partial charge in [-0.15, -0.1) is 0 Å². The number of rotatable bonds is 4. The van der Waals surface area contributed by atoms with Gasteiger partial charge in [-0.05, 0) is 51.7 Å². The van der Waals surface area contributed by atoms with Crippen molar-refractivity contribution >= 4 is 17.7 Å². The van der Waals surface area contributed by atoms with E-state index >= 15 is 0 Å². The molecule has 0 aliphatic heterocycles. The second kappa shape index (κ2) is 7.83. The van der Waals surface area contributed by atoms with E-state index < -0.39 is 0 Å². The third-order valence-corrected chi connectivity index (χ3v) is 5.77. The van der Waals surface area contributed by atoms with Gasteiger partial charge in [0.15, 0.2) is 0 Å². The number of hydrogen-bond acceptors (Lipinski definition) is 4. The number of nitrogens with one attached hydrogen (secondary N) is 1. The molecule has 1 aromatic heterocycles. The standard InChI is InChI=1S/C18H25N3OS/c1-11-12(2)16(10-19)18(20-13(11)3)23-14(4)17(22)21-15-8-6-5-7-9-15/h14-15H,5-9H2,1-4H3,(H,21,22)/t14-/m1/s1. The van der Waals surface area contributed by atoms with Gasteiger partial charge in [-0.25, -0.2) is 4.98 Å². The Morgan fingerprint density at radius 1 is 1.26 bits per heavy atom. The molecular weight excluding hydrogens is 306 g/mol. The molecule has 23 heavy (non-hydrogen) atoms. The number of hydrogen-bond donors (Lipinski definition) is 1. The van der Waals surface area contributed by atoms with E-state index in [0.717, 1.165) is 29.7 Å². The summed E-state index contributed by atoms with van der Waals surface area (Å²) in [6, 6.07) is 2.55. The number of nitrogens with zero attached hydrogens (tertiary/aromatic N) is 2. The second-order valence-corrected chi connectivity index (χ2v) is 7.67. The molecule has 2 rings (SSSR count). The molecule has 1 atom stereocenters. The Kier molecular flexibility index (Phi) is 6.06. The van der Waals surface area contributed by atoms with Gasteiger partial charge >= 0.3 is 0 Å². The maximum atomic E-state index is 12.4. The number of thioether (sulfide) groups is 1. The van der Waals surface area contributed by atoms with Gasteiger partial charge in [0.1, 0.15) is 11.1 Å². The van der Waals surface area contributed by atoms with E-state index in [0.29, 0.717) is 16.6 Å². The molecule has 0 spiro atoms. The van der Waals surface area contributed by atoms with Gasteiger partial charge in [-0.3, -0.25) is 4.79 Å². The van der Waals surface area contributed by atoms with E-state index in [1.54, 1.807) is 0 Å². The minimum Gasteiger partial charge on any atom is -0.352 e. The Morgan fingerprint density at radius 3 is 2.52 bits per heavy atom. The van der Waals surface area contributed by atoms with E-state index in [1.165, 1.54) is 31.0 Å². The average Bonchev–Trinajstić information content (AvgIpc) is 2.54. The van der Waals surface area contributed by atoms with Gasteiger partial charge < -0.3 is 5.32 Å². The predicted octanol–water partition coefficient (Wildman–Crippen LogP) is 3.81. The lowest BCUT2D eigenvalue weighted by molar-refractivity contribution is -0.121. The van der Waals surface area contributed by atoms with Crippen molar-refractivity contribution in [1.29, 1.82) is 5.26 Å². The van der Waals surface area contributed by atoms with E-state index in [4.69, 9.17) is 0 Å². The van der Waals surface area contributed by atoms with Crippen LogP contribution in [0, 0.1) is 32.1 Å². The molecule has 0 aromatic carbocycles. The van der Waals surface area contributed by atoms with Crippen LogP contribution in [0.15, 0.2) is 5.03 Å². The number of carbonyl (C=O) groups excluding carboxylic acids is 1. The fourth-order valence-electron chi connectivity index (χ4n) is 2.91. The van der Waals surface area contributed by atoms with Crippen molar-refractivity contribution in [2.45, 2.75) is 76.1 Å². The summed E-state index contributed by atoms with van der Waals surface area (Å²) in [5, 5.41) is 13.0. The molecule has 1 N–H and O–H groups in total. The van der Waals surface area contributed by atoms with Crippen LogP contribution in [0.25, 0.3) is 0 Å². The first kappa shape index (κ1) is 17.8. The molecule has 0 unspecified atom stereocenters. The van der Waals surface area contributed by atoms with Gasteiger partial charge in [-0.1, -0.05) is 31.0 Å². The number of carbonyl (C=O) groups is 1. The highest BCUT2D eigenvalue weighted by Gasteiger charge is 2.23. The Balaban J connectivity index is 2.09. The van der Waals surface area contributed by atoms with Gasteiger partial charge in [0.2, 0.25) is 5.91 Å². The highest BCUT2D eigenvalue weighted by atomic mass is 32.2. The van der Waals surface area contributed by atoms with Crippen LogP contribution in [0.3, 0.4) is 0 Å². The van der Waals surface area contributed by atoms with Crippen molar-refractivity contribution < 1.29 is 4.79 Å². The first-order valence-corrected chi connectivity index (χ1v) is 9.17. The van der Waals surface area contributed by atoms with Gasteiger partial charge in [0.05, 0.1) is 10.8 Å². The zero-order chi connectivity index (χ0) is 17.0. The molecule has 1 aromatic rings. The van der Waals surface area contributed by atoms with Crippen molar-refractivity contribution in [3.05, 3.63) is 22.4 Å². The fraction of sp³-hybridized carbons (Fsp3) is 0.611. The third kappa shape index (κ3) is 4.26. The van der Waals surface area contributed by atoms with Crippen LogP contribution >= 0.6 is 11.8 Å². The summed E-state index contributed by atoms with van der Waals surface area (Å²) in [6.07, 6.45) is 5.82. The molecule has 1 amide bonds. The van der Waals surface area contributed by atoms with E-state index in [9.17, 15) is 10.1 Å². The topological polar surface area (TPSA) is 65.8 Å². The summed E-state index contributed by atoms with van der Waals surface area (Å²) >= 11 is 1.38. The van der Waals surface area contributed by atoms with Gasteiger partial charge in [-0.2, -0.15) is 5.26 Å². The summed E-state index contributed by atoms with van der Waals surface area (Å²) in [7, 11) is 0. The SMILES string of the molecule is Cc1nc(S[C@H](C)C(=O)NC2CCCCC2)c(C#N)c(C)c1C. The first-order valence-electron chi connectivity index (χ1n) is 8.29. The van der Waals surface area contributed by atoms with Crippen molar-refractivity contribution in [3.63, 3.8) is 0 Å². The van der Waals surface area contributed by atoms with Crippen molar-refractivity contribution in [2.24, 2.45) is 0 Å². The quantitative estimate of drug-likeness (QED) is 0.852. The highest BCUT2D eigenvalue weighted by molar-refractivity contribution is 8.00. The smallest absolute Gasteiger partial charge is 0.233 e. The zero-order valence-electron chi connectivity index (χ0n) is 14.4. The van der Waals surface area contributed by atoms with Crippen LogP contribution in [0.4, 0.5) is 0 Å². The number of pyridine rings is 1. The summed E-state index contributed by atoms with van der Waals surface area (Å²) in [6.45, 7) is 7.75. The molecule has 1 saturated carbocycles. The lowest BCUT2D eigenvalue weighted by atomic mass is 9.95. The van der Waals surface area contributed by atoms with Crippen LogP contribution in [-0.2, 0) is 4.79 Å². The minimum atomic E-state index is -0.252. The lowest BCUT2D eigenvalue weighted by Gasteiger charge is -2.24. The molecule has 0 bridgehead atoms. The molecular formula is C18H25N3OS. The molecule has 1 fully saturated rings. The molecule has 4 nitrogen and oxygen atoms in total. The minimum absolute atomic E-state index is 0.0449. The average molecular weight is 331 g/mol.